The van der Waals surface area contributed by atoms with Gasteiger partial charge in [0.25, 0.3) is 0 Å². The van der Waals surface area contributed by atoms with E-state index in [1.54, 1.807) is 24.3 Å². The maximum absolute atomic E-state index is 13.2. The molecule has 0 saturated heterocycles. The van der Waals surface area contributed by atoms with Crippen LogP contribution in [-0.4, -0.2) is 38.7 Å². The second-order valence-electron chi connectivity index (χ2n) is 9.60. The minimum Gasteiger partial charge on any atom is -0.497 e. The topological polar surface area (TPSA) is 89.9 Å². The number of hydrogen-bond acceptors (Lipinski definition) is 5. The van der Waals surface area contributed by atoms with Crippen LogP contribution in [0.4, 0.5) is 26.3 Å². The van der Waals surface area contributed by atoms with E-state index in [0.717, 1.165) is 5.56 Å². The second-order valence-corrected chi connectivity index (χ2v) is 9.60. The number of Topliss-reactive ketones (excluding diaryl/α,β-unsaturated/α-hetero) is 2. The predicted octanol–water partition coefficient (Wildman–Crippen LogP) is 5.43. The fraction of sp³-hybridized carbons (Fsp3) is 0.400. The Morgan fingerprint density at radius 2 is 1.51 bits per heavy atom. The Labute approximate surface area is 230 Å². The predicted molar refractivity (Wildman–Crippen MR) is 120 cm³/mol. The van der Waals surface area contributed by atoms with Crippen LogP contribution in [0.1, 0.15) is 73.7 Å². The van der Waals surface area contributed by atoms with Crippen molar-refractivity contribution < 1.29 is 59.2 Å². The van der Waals surface area contributed by atoms with E-state index >= 15 is 0 Å². The molecule has 4 atom stereocenters. The van der Waals surface area contributed by atoms with Gasteiger partial charge in [-0.2, -0.15) is 36.5 Å². The van der Waals surface area contributed by atoms with Crippen molar-refractivity contribution in [3.63, 3.8) is 0 Å². The van der Waals surface area contributed by atoms with Gasteiger partial charge in [-0.1, -0.05) is 12.1 Å². The third-order valence-electron chi connectivity index (χ3n) is 7.30. The Morgan fingerprint density at radius 1 is 0.923 bits per heavy atom. The van der Waals surface area contributed by atoms with Crippen molar-refractivity contribution in [1.82, 2.24) is 20.0 Å². The number of carbonyl (C=O) groups excluding carboxylic acids is 2. The molecular weight excluding hydrogens is 569 g/mol. The Morgan fingerprint density at radius 3 is 2.08 bits per heavy atom. The van der Waals surface area contributed by atoms with E-state index in [2.05, 4.69) is 10.2 Å². The van der Waals surface area contributed by atoms with Crippen molar-refractivity contribution in [3.8, 4) is 5.75 Å². The largest absolute Gasteiger partial charge is 0.497 e. The molecule has 0 spiro atoms. The Hall–Kier alpha value is -3.06. The summed E-state index contributed by atoms with van der Waals surface area (Å²) in [5.74, 6) is -0.799. The third kappa shape index (κ3) is 4.69. The fourth-order valence-corrected chi connectivity index (χ4v) is 5.39. The number of alkyl halides is 6. The van der Waals surface area contributed by atoms with Gasteiger partial charge in [-0.05, 0) is 42.4 Å². The van der Waals surface area contributed by atoms with Gasteiger partial charge >= 0.3 is 12.4 Å². The summed E-state index contributed by atoms with van der Waals surface area (Å²) in [4.78, 5) is 23.6. The maximum atomic E-state index is 13.2. The van der Waals surface area contributed by atoms with Gasteiger partial charge in [0.1, 0.15) is 22.8 Å². The van der Waals surface area contributed by atoms with Crippen LogP contribution in [0.2, 0.25) is 0 Å². The van der Waals surface area contributed by atoms with Crippen LogP contribution in [0.25, 0.3) is 0 Å². The Bertz CT molecular complexity index is 1440. The van der Waals surface area contributed by atoms with E-state index in [9.17, 15) is 35.9 Å². The Kier molecular flexibility index (Phi) is 7.08. The molecule has 2 fully saturated rings. The molecule has 14 heteroatoms. The monoisotopic (exact) mass is 590 g/mol. The number of methoxy groups -OCH3 is 1. The number of carbonyl (C=O) groups is 2. The zero-order valence-electron chi connectivity index (χ0n) is 20.5. The Balaban J connectivity index is 0.000000190. The van der Waals surface area contributed by atoms with Gasteiger partial charge in [0.05, 0.1) is 13.7 Å². The third-order valence-corrected chi connectivity index (χ3v) is 7.30. The van der Waals surface area contributed by atoms with Crippen molar-refractivity contribution in [2.45, 2.75) is 43.6 Å². The summed E-state index contributed by atoms with van der Waals surface area (Å²) in [6.07, 6.45) is -7.90. The van der Waals surface area contributed by atoms with Gasteiger partial charge in [-0.15, -0.1) is 0 Å². The zero-order valence-corrected chi connectivity index (χ0v) is 21.9. The average Bonchev–Trinajstić information content (AvgIpc) is 3.65. The first-order valence-electron chi connectivity index (χ1n) is 11.4. The van der Waals surface area contributed by atoms with Gasteiger partial charge in [-0.25, -0.2) is 0 Å². The number of H-pyrrole nitrogens is 1. The van der Waals surface area contributed by atoms with Gasteiger partial charge in [0.15, 0.2) is 17.3 Å². The zero-order chi connectivity index (χ0) is 26.4. The summed E-state index contributed by atoms with van der Waals surface area (Å²) in [5.41, 5.74) is -0.662. The van der Waals surface area contributed by atoms with Crippen LogP contribution in [0.3, 0.4) is 0 Å². The molecule has 1 radical (unpaired) electrons. The number of ketones is 2. The number of halogens is 6. The molecule has 0 bridgehead atoms. The van der Waals surface area contributed by atoms with E-state index in [-0.39, 0.29) is 90.3 Å². The number of aromatic amines is 1. The van der Waals surface area contributed by atoms with E-state index in [1.807, 2.05) is 5.10 Å². The quantitative estimate of drug-likeness (QED) is 0.325. The molecule has 3 aromatic rings. The second kappa shape index (κ2) is 9.55. The minimum absolute atomic E-state index is 0. The van der Waals surface area contributed by atoms with Crippen molar-refractivity contribution in [2.24, 2.45) is 11.8 Å². The summed E-state index contributed by atoms with van der Waals surface area (Å²) in [6.45, 7) is 0.133. The molecule has 0 aliphatic heterocycles. The molecule has 2 saturated carbocycles. The summed E-state index contributed by atoms with van der Waals surface area (Å²) >= 11 is 0. The fourth-order valence-electron chi connectivity index (χ4n) is 5.39. The van der Waals surface area contributed by atoms with E-state index in [1.165, 1.54) is 11.8 Å². The molecule has 7 nitrogen and oxygen atoms in total. The summed E-state index contributed by atoms with van der Waals surface area (Å²) in [6, 6.07) is 6.95. The van der Waals surface area contributed by atoms with Crippen LogP contribution in [0, 0.1) is 19.3 Å². The molecular formula is C25H21F6N4O3V-. The first-order chi connectivity index (χ1) is 17.4. The van der Waals surface area contributed by atoms with Crippen molar-refractivity contribution in [3.05, 3.63) is 71.2 Å². The maximum Gasteiger partial charge on any atom is 0.435 e. The van der Waals surface area contributed by atoms with Crippen LogP contribution < -0.4 is 4.74 Å². The number of hydrogen-bond donors (Lipinski definition) is 1. The van der Waals surface area contributed by atoms with Gasteiger partial charge in [0.2, 0.25) is 0 Å². The number of rotatable bonds is 3. The number of nitrogens with one attached hydrogen (secondary N) is 1. The number of benzene rings is 1. The van der Waals surface area contributed by atoms with Crippen LogP contribution in [0.15, 0.2) is 24.3 Å². The molecule has 0 amide bonds. The number of fused-ring (bicyclic) bond motifs is 6. The normalized spacial score (nSPS) is 23.4. The number of nitrogens with zero attached hydrogens (tertiary/aromatic N) is 3. The van der Waals surface area contributed by atoms with Crippen molar-refractivity contribution in [2.75, 3.05) is 7.11 Å². The van der Waals surface area contributed by atoms with Crippen LogP contribution in [-0.2, 0) is 37.5 Å². The van der Waals surface area contributed by atoms with E-state index in [4.69, 9.17) is 4.74 Å². The van der Waals surface area contributed by atoms with Gasteiger partial charge in [0, 0.05) is 41.5 Å². The average molecular weight is 590 g/mol. The molecule has 2 aromatic heterocycles. The first-order valence-corrected chi connectivity index (χ1v) is 11.4. The number of ether oxygens (including phenoxy) is 1. The summed E-state index contributed by atoms with van der Waals surface area (Å²) in [7, 11) is 1.54. The molecule has 4 aliphatic rings. The molecule has 2 unspecified atom stereocenters. The molecule has 207 valence electrons. The first kappa shape index (κ1) is 28.9. The van der Waals surface area contributed by atoms with Crippen molar-refractivity contribution in [1.29, 1.82) is 0 Å². The SMILES string of the molecule is COc1ccc(Cn2nc(C(F)(F)F)c3c2C(=O)C2C[C@H]32)cc1.O=C1c2n[nH]c(C(F)(F)F)c2[C@H]2CC12.[CH3-].[V]. The molecule has 2 heterocycles. The summed E-state index contributed by atoms with van der Waals surface area (Å²) in [5, 5.41) is 9.05. The van der Waals surface area contributed by atoms with Crippen LogP contribution >= 0.6 is 0 Å². The van der Waals surface area contributed by atoms with E-state index in [0.29, 0.717) is 18.6 Å². The molecule has 1 N–H and O–H groups in total. The molecule has 4 aliphatic carbocycles. The summed E-state index contributed by atoms with van der Waals surface area (Å²) < 4.78 is 83.1. The molecule has 7 rings (SSSR count). The smallest absolute Gasteiger partial charge is 0.435 e. The van der Waals surface area contributed by atoms with Gasteiger partial charge < -0.3 is 12.2 Å². The van der Waals surface area contributed by atoms with Gasteiger partial charge in [-0.3, -0.25) is 19.4 Å². The molecule has 1 aromatic carbocycles. The van der Waals surface area contributed by atoms with E-state index < -0.39 is 23.7 Å². The van der Waals surface area contributed by atoms with Crippen LogP contribution in [0.5, 0.6) is 5.75 Å². The molecule has 39 heavy (non-hydrogen) atoms. The standard InChI is InChI=1S/C16H13F3N2O2.C8H5F3N2O.CH3.V/c1-23-9-4-2-8(3-5-9)7-21-13-12(10-6-11(10)14(13)22)15(20-21)16(17,18)19;9-8(10,11)7-4-2-1-3(2)6(14)5(4)12-13-7;;/h2-5,10-11H,6-7H2,1H3;2-3H,1H2,(H,12,13);1H3;/q;;-1;/t10-,11?;2-,3?;;/m00../s1. The van der Waals surface area contributed by atoms with Crippen molar-refractivity contribution >= 4 is 11.6 Å². The minimum atomic E-state index is -4.53. The number of aromatic nitrogens is 4.